The van der Waals surface area contributed by atoms with Crippen LogP contribution in [0.1, 0.15) is 74.8 Å². The van der Waals surface area contributed by atoms with Gasteiger partial charge in [0.2, 0.25) is 17.7 Å². The first-order valence-electron chi connectivity index (χ1n) is 15.1. The SMILES string of the molecule is Cc1cc(C)n(CC(=O)N2CCNC(=O)c3coc(n3)[C@H](Cc3ccccc3)NC(=O)c3csc(n3)[C@H](C(C)C)NC(=O)C2)c(=O)n1. The van der Waals surface area contributed by atoms with Gasteiger partial charge in [-0.1, -0.05) is 44.2 Å². The minimum Gasteiger partial charge on any atom is -0.446 e. The Labute approximate surface area is 274 Å². The maximum absolute atomic E-state index is 13.5. The molecule has 0 unspecified atom stereocenters. The standard InChI is InChI=1S/C32H36N8O6S/c1-18(2)27-31-37-24(17-47-31)29(44)35-22(13-21-8-6-5-7-9-21)30-36-23(16-46-30)28(43)33-10-11-39(14-25(41)38-27)26(42)15-40-20(4)12-19(3)34-32(40)45/h5-9,12,16-18,22,27H,10-11,13-15H2,1-4H3,(H,33,43)(H,35,44)(H,38,41)/t22-,27-/m0/s1. The van der Waals surface area contributed by atoms with E-state index in [9.17, 15) is 24.0 Å². The highest BCUT2D eigenvalue weighted by atomic mass is 32.1. The van der Waals surface area contributed by atoms with Crippen LogP contribution in [0.15, 0.2) is 57.3 Å². The first-order chi connectivity index (χ1) is 22.5. The third-order valence-corrected chi connectivity index (χ3v) is 8.57. The number of carbonyl (C=O) groups excluding carboxylic acids is 4. The van der Waals surface area contributed by atoms with Crippen LogP contribution in [0.25, 0.3) is 0 Å². The predicted octanol–water partition coefficient (Wildman–Crippen LogP) is 2.10. The lowest BCUT2D eigenvalue weighted by Gasteiger charge is -2.26. The number of aryl methyl sites for hydroxylation is 2. The fourth-order valence-electron chi connectivity index (χ4n) is 5.16. The zero-order valence-electron chi connectivity index (χ0n) is 26.5. The average Bonchev–Trinajstić information content (AvgIpc) is 3.72. The van der Waals surface area contributed by atoms with Gasteiger partial charge in [-0.2, -0.15) is 4.98 Å². The molecule has 0 radical (unpaired) electrons. The van der Waals surface area contributed by atoms with Gasteiger partial charge in [-0.3, -0.25) is 23.7 Å². The molecular formula is C32H36N8O6S. The number of benzene rings is 1. The lowest BCUT2D eigenvalue weighted by Crippen LogP contribution is -2.47. The summed E-state index contributed by atoms with van der Waals surface area (Å²) in [5, 5.41) is 10.7. The van der Waals surface area contributed by atoms with Crippen molar-refractivity contribution >= 4 is 35.0 Å². The van der Waals surface area contributed by atoms with Crippen molar-refractivity contribution in [2.45, 2.75) is 52.7 Å². The molecule has 3 N–H and O–H groups in total. The fourth-order valence-corrected chi connectivity index (χ4v) is 6.18. The maximum Gasteiger partial charge on any atom is 0.348 e. The van der Waals surface area contributed by atoms with Gasteiger partial charge in [0.15, 0.2) is 5.69 Å². The summed E-state index contributed by atoms with van der Waals surface area (Å²) in [4.78, 5) is 80.0. The number of thiazole rings is 1. The van der Waals surface area contributed by atoms with Gasteiger partial charge < -0.3 is 25.3 Å². The number of amides is 4. The Kier molecular flexibility index (Phi) is 10.2. The molecule has 0 aliphatic carbocycles. The van der Waals surface area contributed by atoms with Gasteiger partial charge in [0.25, 0.3) is 11.8 Å². The summed E-state index contributed by atoms with van der Waals surface area (Å²) >= 11 is 1.23. The summed E-state index contributed by atoms with van der Waals surface area (Å²) in [7, 11) is 0. The van der Waals surface area contributed by atoms with E-state index in [1.807, 2.05) is 44.2 Å². The summed E-state index contributed by atoms with van der Waals surface area (Å²) in [6.07, 6.45) is 1.54. The normalized spacial score (nSPS) is 17.8. The maximum atomic E-state index is 13.5. The number of carbonyl (C=O) groups is 4. The zero-order valence-corrected chi connectivity index (χ0v) is 27.3. The van der Waals surface area contributed by atoms with Crippen LogP contribution in [-0.4, -0.2) is 67.7 Å². The summed E-state index contributed by atoms with van der Waals surface area (Å²) in [6.45, 7) is 6.46. The topological polar surface area (TPSA) is 181 Å². The molecule has 246 valence electrons. The van der Waals surface area contributed by atoms with Gasteiger partial charge in [0.05, 0.1) is 12.6 Å². The smallest absolute Gasteiger partial charge is 0.348 e. The third kappa shape index (κ3) is 8.16. The Bertz CT molecular complexity index is 1830. The van der Waals surface area contributed by atoms with Gasteiger partial charge in [-0.25, -0.2) is 14.8 Å². The van der Waals surface area contributed by atoms with E-state index in [4.69, 9.17) is 4.42 Å². The van der Waals surface area contributed by atoms with Crippen molar-refractivity contribution in [1.82, 2.24) is 40.4 Å². The first kappa shape index (κ1) is 33.2. The zero-order chi connectivity index (χ0) is 33.7. The van der Waals surface area contributed by atoms with Crippen LogP contribution in [0.3, 0.4) is 0 Å². The molecule has 4 aromatic rings. The number of hydrogen-bond acceptors (Lipinski definition) is 10. The van der Waals surface area contributed by atoms with Crippen molar-refractivity contribution in [3.05, 3.63) is 97.8 Å². The summed E-state index contributed by atoms with van der Waals surface area (Å²) < 4.78 is 6.91. The molecule has 1 aliphatic heterocycles. The molecule has 15 heteroatoms. The molecule has 2 atom stereocenters. The summed E-state index contributed by atoms with van der Waals surface area (Å²) in [5.74, 6) is -1.99. The largest absolute Gasteiger partial charge is 0.446 e. The Morgan fingerprint density at radius 2 is 1.79 bits per heavy atom. The Hall–Kier alpha value is -5.18. The van der Waals surface area contributed by atoms with Crippen LogP contribution >= 0.6 is 11.3 Å². The number of fused-ring (bicyclic) bond motifs is 4. The van der Waals surface area contributed by atoms with E-state index >= 15 is 0 Å². The van der Waals surface area contributed by atoms with Gasteiger partial charge in [-0.15, -0.1) is 11.3 Å². The molecule has 1 aromatic carbocycles. The number of nitrogens with zero attached hydrogens (tertiary/aromatic N) is 5. The van der Waals surface area contributed by atoms with E-state index in [2.05, 4.69) is 30.9 Å². The Balaban J connectivity index is 1.45. The average molecular weight is 661 g/mol. The molecule has 0 saturated heterocycles. The summed E-state index contributed by atoms with van der Waals surface area (Å²) in [6, 6.07) is 9.88. The van der Waals surface area contributed by atoms with Gasteiger partial charge >= 0.3 is 5.69 Å². The molecule has 0 fully saturated rings. The van der Waals surface area contributed by atoms with Crippen molar-refractivity contribution in [3.8, 4) is 0 Å². The van der Waals surface area contributed by atoms with Crippen molar-refractivity contribution in [2.24, 2.45) is 5.92 Å². The van der Waals surface area contributed by atoms with Crippen LogP contribution in [-0.2, 0) is 22.6 Å². The monoisotopic (exact) mass is 660 g/mol. The molecule has 1 aliphatic rings. The van der Waals surface area contributed by atoms with E-state index in [-0.39, 0.29) is 49.4 Å². The lowest BCUT2D eigenvalue weighted by atomic mass is 10.0. The van der Waals surface area contributed by atoms with E-state index in [0.717, 1.165) is 5.56 Å². The van der Waals surface area contributed by atoms with Gasteiger partial charge in [0, 0.05) is 36.3 Å². The number of oxazole rings is 1. The molecule has 5 rings (SSSR count). The lowest BCUT2D eigenvalue weighted by molar-refractivity contribution is -0.136. The second-order valence-electron chi connectivity index (χ2n) is 11.6. The van der Waals surface area contributed by atoms with Crippen LogP contribution in [0.4, 0.5) is 0 Å². The van der Waals surface area contributed by atoms with Crippen LogP contribution in [0.5, 0.6) is 0 Å². The number of nitrogens with one attached hydrogen (secondary N) is 3. The fraction of sp³-hybridized carbons (Fsp3) is 0.375. The van der Waals surface area contributed by atoms with E-state index in [1.165, 1.54) is 27.1 Å². The Morgan fingerprint density at radius 3 is 2.51 bits per heavy atom. The molecule has 3 aromatic heterocycles. The molecule has 0 saturated carbocycles. The highest BCUT2D eigenvalue weighted by Crippen LogP contribution is 2.26. The molecule has 0 spiro atoms. The molecular weight excluding hydrogens is 624 g/mol. The quantitative estimate of drug-likeness (QED) is 0.289. The van der Waals surface area contributed by atoms with Gasteiger partial charge in [0.1, 0.15) is 29.6 Å². The van der Waals surface area contributed by atoms with E-state index < -0.39 is 41.4 Å². The molecule has 47 heavy (non-hydrogen) atoms. The highest BCUT2D eigenvalue weighted by molar-refractivity contribution is 7.09. The first-order valence-corrected chi connectivity index (χ1v) is 16.0. The third-order valence-electron chi connectivity index (χ3n) is 7.64. The molecule has 4 heterocycles. The molecule has 4 bridgehead atoms. The van der Waals surface area contributed by atoms with Crippen molar-refractivity contribution in [1.29, 1.82) is 0 Å². The van der Waals surface area contributed by atoms with Crippen LogP contribution in [0.2, 0.25) is 0 Å². The molecule has 4 amide bonds. The predicted molar refractivity (Wildman–Crippen MR) is 172 cm³/mol. The van der Waals surface area contributed by atoms with Crippen molar-refractivity contribution < 1.29 is 23.6 Å². The van der Waals surface area contributed by atoms with Crippen molar-refractivity contribution in [3.63, 3.8) is 0 Å². The summed E-state index contributed by atoms with van der Waals surface area (Å²) in [5.41, 5.74) is 1.54. The van der Waals surface area contributed by atoms with E-state index in [0.29, 0.717) is 22.8 Å². The van der Waals surface area contributed by atoms with E-state index in [1.54, 1.807) is 25.3 Å². The number of hydrogen-bond donors (Lipinski definition) is 3. The minimum absolute atomic E-state index is 0.0201. The highest BCUT2D eigenvalue weighted by Gasteiger charge is 2.28. The van der Waals surface area contributed by atoms with Crippen LogP contribution in [0, 0.1) is 19.8 Å². The Morgan fingerprint density at radius 1 is 1.02 bits per heavy atom. The molecule has 14 nitrogen and oxygen atoms in total. The number of rotatable bonds is 5. The van der Waals surface area contributed by atoms with Gasteiger partial charge in [-0.05, 0) is 31.4 Å². The minimum atomic E-state index is -0.715. The van der Waals surface area contributed by atoms with Crippen LogP contribution < -0.4 is 21.6 Å². The second-order valence-corrected chi connectivity index (χ2v) is 12.5. The second kappa shape index (κ2) is 14.5. The van der Waals surface area contributed by atoms with Crippen molar-refractivity contribution in [2.75, 3.05) is 19.6 Å². The number of aromatic nitrogens is 4.